The van der Waals surface area contributed by atoms with Gasteiger partial charge >= 0.3 is 0 Å². The highest BCUT2D eigenvalue weighted by molar-refractivity contribution is 5.43. The van der Waals surface area contributed by atoms with E-state index in [1.54, 1.807) is 0 Å². The monoisotopic (exact) mass is 276 g/mol. The zero-order valence-corrected chi connectivity index (χ0v) is 12.2. The summed E-state index contributed by atoms with van der Waals surface area (Å²) in [7, 11) is 0. The minimum atomic E-state index is 0.506. The third kappa shape index (κ3) is 2.91. The normalized spacial score (nSPS) is 26.5. The molecule has 0 saturated carbocycles. The average Bonchev–Trinajstić information content (AvgIpc) is 2.49. The van der Waals surface area contributed by atoms with Crippen LogP contribution in [0, 0.1) is 5.92 Å². The minimum absolute atomic E-state index is 0.506. The number of nitrogens with zero attached hydrogens (tertiary/aromatic N) is 1. The van der Waals surface area contributed by atoms with Crippen molar-refractivity contribution >= 4 is 0 Å². The van der Waals surface area contributed by atoms with Crippen LogP contribution in [0.1, 0.15) is 25.3 Å². The molecule has 20 heavy (non-hydrogen) atoms. The molecule has 2 atom stereocenters. The summed E-state index contributed by atoms with van der Waals surface area (Å²) in [4.78, 5) is 2.51. The Balaban J connectivity index is 1.70. The average molecular weight is 276 g/mol. The quantitative estimate of drug-likeness (QED) is 0.917. The lowest BCUT2D eigenvalue weighted by atomic mass is 9.92. The first kappa shape index (κ1) is 13.7. The van der Waals surface area contributed by atoms with Gasteiger partial charge in [-0.2, -0.15) is 0 Å². The lowest BCUT2D eigenvalue weighted by molar-refractivity contribution is 0.115. The van der Waals surface area contributed by atoms with Crippen molar-refractivity contribution in [2.45, 2.75) is 32.4 Å². The fourth-order valence-electron chi connectivity index (χ4n) is 3.17. The molecule has 0 amide bonds. The van der Waals surface area contributed by atoms with E-state index in [9.17, 15) is 0 Å². The van der Waals surface area contributed by atoms with Crippen LogP contribution >= 0.6 is 0 Å². The number of ether oxygens (including phenoxy) is 2. The Morgan fingerprint density at radius 1 is 1.25 bits per heavy atom. The first-order valence-electron chi connectivity index (χ1n) is 7.59. The summed E-state index contributed by atoms with van der Waals surface area (Å²) >= 11 is 0. The molecule has 1 aromatic carbocycles. The Labute approximate surface area is 120 Å². The molecule has 1 saturated heterocycles. The van der Waals surface area contributed by atoms with E-state index in [-0.39, 0.29) is 0 Å². The summed E-state index contributed by atoms with van der Waals surface area (Å²) < 4.78 is 11.2. The Hall–Kier alpha value is -1.26. The van der Waals surface area contributed by atoms with Gasteiger partial charge in [-0.3, -0.25) is 4.90 Å². The zero-order chi connectivity index (χ0) is 13.9. The third-order valence-corrected chi connectivity index (χ3v) is 4.36. The number of piperidine rings is 1. The molecular formula is C16H24N2O2. The second-order valence-electron chi connectivity index (χ2n) is 5.97. The SMILES string of the molecule is CC1CCN(Cc2ccc3c(c2)OCCO3)C(CN)C1. The molecule has 2 unspecified atom stereocenters. The molecule has 1 fully saturated rings. The minimum Gasteiger partial charge on any atom is -0.486 e. The summed E-state index contributed by atoms with van der Waals surface area (Å²) in [5, 5.41) is 0. The van der Waals surface area contributed by atoms with E-state index in [0.29, 0.717) is 19.3 Å². The van der Waals surface area contributed by atoms with E-state index in [2.05, 4.69) is 24.0 Å². The van der Waals surface area contributed by atoms with E-state index in [0.717, 1.165) is 37.1 Å². The number of fused-ring (bicyclic) bond motifs is 1. The van der Waals surface area contributed by atoms with Gasteiger partial charge in [0.05, 0.1) is 0 Å². The van der Waals surface area contributed by atoms with E-state index < -0.39 is 0 Å². The van der Waals surface area contributed by atoms with Gasteiger partial charge in [-0.1, -0.05) is 13.0 Å². The van der Waals surface area contributed by atoms with Gasteiger partial charge in [0.25, 0.3) is 0 Å². The Kier molecular flexibility index (Phi) is 4.13. The van der Waals surface area contributed by atoms with Crippen molar-refractivity contribution in [1.82, 2.24) is 4.90 Å². The van der Waals surface area contributed by atoms with Crippen molar-refractivity contribution in [1.29, 1.82) is 0 Å². The van der Waals surface area contributed by atoms with Gasteiger partial charge in [0, 0.05) is 19.1 Å². The van der Waals surface area contributed by atoms with Crippen molar-refractivity contribution in [3.63, 3.8) is 0 Å². The lowest BCUT2D eigenvalue weighted by Gasteiger charge is -2.38. The number of nitrogens with two attached hydrogens (primary N) is 1. The molecule has 2 aliphatic rings. The van der Waals surface area contributed by atoms with Gasteiger partial charge in [-0.15, -0.1) is 0 Å². The fourth-order valence-corrected chi connectivity index (χ4v) is 3.17. The number of hydrogen-bond acceptors (Lipinski definition) is 4. The van der Waals surface area contributed by atoms with Crippen molar-refractivity contribution < 1.29 is 9.47 Å². The maximum absolute atomic E-state index is 5.93. The third-order valence-electron chi connectivity index (χ3n) is 4.36. The van der Waals surface area contributed by atoms with Crippen molar-refractivity contribution in [2.24, 2.45) is 11.7 Å². The molecule has 0 radical (unpaired) electrons. The molecule has 2 N–H and O–H groups in total. The maximum atomic E-state index is 5.93. The van der Waals surface area contributed by atoms with Gasteiger partial charge in [0.1, 0.15) is 13.2 Å². The number of likely N-dealkylation sites (tertiary alicyclic amines) is 1. The highest BCUT2D eigenvalue weighted by Crippen LogP contribution is 2.32. The predicted molar refractivity (Wildman–Crippen MR) is 79.1 cm³/mol. The number of benzene rings is 1. The van der Waals surface area contributed by atoms with Gasteiger partial charge in [-0.25, -0.2) is 0 Å². The molecule has 0 spiro atoms. The largest absolute Gasteiger partial charge is 0.486 e. The zero-order valence-electron chi connectivity index (χ0n) is 12.2. The molecule has 2 heterocycles. The molecule has 4 nitrogen and oxygen atoms in total. The summed E-state index contributed by atoms with van der Waals surface area (Å²) in [6.45, 7) is 6.44. The smallest absolute Gasteiger partial charge is 0.161 e. The summed E-state index contributed by atoms with van der Waals surface area (Å²) in [6.07, 6.45) is 2.47. The van der Waals surface area contributed by atoms with Crippen molar-refractivity contribution in [3.05, 3.63) is 23.8 Å². The summed E-state index contributed by atoms with van der Waals surface area (Å²) in [5.74, 6) is 2.53. The van der Waals surface area contributed by atoms with E-state index in [4.69, 9.17) is 15.2 Å². The maximum Gasteiger partial charge on any atom is 0.161 e. The molecule has 110 valence electrons. The summed E-state index contributed by atoms with van der Waals surface area (Å²) in [6, 6.07) is 6.78. The first-order chi connectivity index (χ1) is 9.76. The van der Waals surface area contributed by atoms with E-state index in [1.807, 2.05) is 6.07 Å². The Morgan fingerprint density at radius 3 is 2.85 bits per heavy atom. The predicted octanol–water partition coefficient (Wildman–Crippen LogP) is 2.02. The molecule has 0 aliphatic carbocycles. The summed E-state index contributed by atoms with van der Waals surface area (Å²) in [5.41, 5.74) is 7.21. The number of rotatable bonds is 3. The van der Waals surface area contributed by atoms with Crippen LogP contribution in [-0.2, 0) is 6.54 Å². The van der Waals surface area contributed by atoms with E-state index in [1.165, 1.54) is 18.4 Å². The van der Waals surface area contributed by atoms with Gasteiger partial charge < -0.3 is 15.2 Å². The first-order valence-corrected chi connectivity index (χ1v) is 7.59. The molecule has 3 rings (SSSR count). The van der Waals surface area contributed by atoms with Gasteiger partial charge in [-0.05, 0) is 43.0 Å². The van der Waals surface area contributed by atoms with Crippen LogP contribution in [0.2, 0.25) is 0 Å². The van der Waals surface area contributed by atoms with Crippen LogP contribution in [0.3, 0.4) is 0 Å². The molecule has 0 aromatic heterocycles. The lowest BCUT2D eigenvalue weighted by Crippen LogP contribution is -2.45. The number of hydrogen-bond donors (Lipinski definition) is 1. The Bertz CT molecular complexity index is 464. The highest BCUT2D eigenvalue weighted by Gasteiger charge is 2.25. The van der Waals surface area contributed by atoms with Crippen LogP contribution < -0.4 is 15.2 Å². The van der Waals surface area contributed by atoms with Crippen LogP contribution in [-0.4, -0.2) is 37.2 Å². The van der Waals surface area contributed by atoms with Gasteiger partial charge in [0.2, 0.25) is 0 Å². The van der Waals surface area contributed by atoms with Crippen LogP contribution in [0.15, 0.2) is 18.2 Å². The van der Waals surface area contributed by atoms with Crippen LogP contribution in [0.5, 0.6) is 11.5 Å². The van der Waals surface area contributed by atoms with E-state index >= 15 is 0 Å². The highest BCUT2D eigenvalue weighted by atomic mass is 16.6. The molecular weight excluding hydrogens is 252 g/mol. The molecule has 1 aromatic rings. The second-order valence-corrected chi connectivity index (χ2v) is 5.97. The molecule has 4 heteroatoms. The standard InChI is InChI=1S/C16H24N2O2/c1-12-4-5-18(14(8-12)10-17)11-13-2-3-15-16(9-13)20-7-6-19-15/h2-3,9,12,14H,4-8,10-11,17H2,1H3. The molecule has 0 bridgehead atoms. The van der Waals surface area contributed by atoms with Crippen molar-refractivity contribution in [2.75, 3.05) is 26.3 Å². The molecule has 2 aliphatic heterocycles. The topological polar surface area (TPSA) is 47.7 Å². The second kappa shape index (κ2) is 6.02. The van der Waals surface area contributed by atoms with Gasteiger partial charge in [0.15, 0.2) is 11.5 Å². The fraction of sp³-hybridized carbons (Fsp3) is 0.625. The van der Waals surface area contributed by atoms with Crippen molar-refractivity contribution in [3.8, 4) is 11.5 Å². The van der Waals surface area contributed by atoms with Crippen LogP contribution in [0.25, 0.3) is 0 Å². The Morgan fingerprint density at radius 2 is 2.05 bits per heavy atom. The van der Waals surface area contributed by atoms with Crippen LogP contribution in [0.4, 0.5) is 0 Å².